The first-order chi connectivity index (χ1) is 20.1. The zero-order chi connectivity index (χ0) is 29.9. The van der Waals surface area contributed by atoms with Crippen LogP contribution in [0.5, 0.6) is 11.5 Å². The van der Waals surface area contributed by atoms with E-state index in [0.717, 1.165) is 28.9 Å². The van der Waals surface area contributed by atoms with Crippen LogP contribution in [0.15, 0.2) is 65.8 Å². The van der Waals surface area contributed by atoms with Crippen molar-refractivity contribution in [3.63, 3.8) is 0 Å². The van der Waals surface area contributed by atoms with Gasteiger partial charge in [0.2, 0.25) is 10.0 Å². The Bertz CT molecular complexity index is 1510. The number of aromatic nitrogens is 1. The number of rotatable bonds is 12. The molecule has 0 amide bonds. The van der Waals surface area contributed by atoms with E-state index in [9.17, 15) is 22.0 Å². The van der Waals surface area contributed by atoms with Crippen molar-refractivity contribution < 1.29 is 36.2 Å². The zero-order valence-electron chi connectivity index (χ0n) is 22.0. The number of pyridine rings is 1. The molecule has 8 nitrogen and oxygen atoms in total. The Morgan fingerprint density at radius 1 is 1.07 bits per heavy atom. The minimum absolute atomic E-state index is 0.00807. The van der Waals surface area contributed by atoms with Gasteiger partial charge in [0.15, 0.2) is 16.9 Å². The Labute approximate surface area is 256 Å². The fourth-order valence-corrected chi connectivity index (χ4v) is 7.97. The number of carbonyl (C=O) groups excluding carboxylic acids is 1. The van der Waals surface area contributed by atoms with Crippen molar-refractivity contribution in [1.29, 1.82) is 0 Å². The van der Waals surface area contributed by atoms with Gasteiger partial charge >= 0.3 is 12.6 Å². The minimum atomic E-state index is -3.99. The van der Waals surface area contributed by atoms with Crippen LogP contribution in [0.3, 0.4) is 0 Å². The van der Waals surface area contributed by atoms with Crippen LogP contribution in [0.1, 0.15) is 30.1 Å². The number of sulfonamides is 1. The number of hydrogen-bond acceptors (Lipinski definition) is 8. The summed E-state index contributed by atoms with van der Waals surface area (Å²) in [6, 6.07) is 12.1. The minimum Gasteiger partial charge on any atom is -0.489 e. The number of esters is 1. The Hall–Kier alpha value is -2.64. The van der Waals surface area contributed by atoms with Crippen LogP contribution < -0.4 is 9.47 Å². The molecule has 0 bridgehead atoms. The standard InChI is InChI=1S/C28H26Cl2F2N2O6S2/c29-21-14-33-15-22(30)20(21)13-24(18-8-9-23(40-28(31)32)25(12-18)38-16-17-6-7-17)39-27(35)26-34(10-11-41-26)42(36,37)19-4-2-1-3-5-19/h1-5,8-9,12,14-15,17,24,26,28H,6-7,10-11,13,16H2. The van der Waals surface area contributed by atoms with E-state index < -0.39 is 34.1 Å². The topological polar surface area (TPSA) is 95.0 Å². The van der Waals surface area contributed by atoms with E-state index in [0.29, 0.717) is 29.4 Å². The average molecular weight is 660 g/mol. The number of hydrogen-bond donors (Lipinski definition) is 0. The zero-order valence-corrected chi connectivity index (χ0v) is 25.1. The molecular formula is C28H26Cl2F2N2O6S2. The van der Waals surface area contributed by atoms with Crippen molar-refractivity contribution in [3.8, 4) is 11.5 Å². The maximum absolute atomic E-state index is 13.6. The van der Waals surface area contributed by atoms with Crippen molar-refractivity contribution in [1.82, 2.24) is 9.29 Å². The lowest BCUT2D eigenvalue weighted by Gasteiger charge is -2.26. The maximum Gasteiger partial charge on any atom is 0.387 e. The summed E-state index contributed by atoms with van der Waals surface area (Å²) in [6.07, 6.45) is 3.70. The fourth-order valence-electron chi connectivity index (χ4n) is 4.38. The number of alkyl halides is 2. The number of benzene rings is 2. The summed E-state index contributed by atoms with van der Waals surface area (Å²) in [5, 5.41) is -0.682. The van der Waals surface area contributed by atoms with Crippen LogP contribution in [0.25, 0.3) is 0 Å². The van der Waals surface area contributed by atoms with Gasteiger partial charge in [-0.2, -0.15) is 13.1 Å². The highest BCUT2D eigenvalue weighted by Crippen LogP contribution is 2.39. The Kier molecular flexibility index (Phi) is 9.78. The molecule has 42 heavy (non-hydrogen) atoms. The first-order valence-electron chi connectivity index (χ1n) is 13.0. The molecule has 5 rings (SSSR count). The molecule has 2 aliphatic rings. The SMILES string of the molecule is O=C(OC(Cc1c(Cl)cncc1Cl)c1ccc(OC(F)F)c(OCC2CC2)c1)C1SCCN1S(=O)(=O)c1ccccc1. The van der Waals surface area contributed by atoms with Crippen molar-refractivity contribution >= 4 is 51.0 Å². The molecule has 2 aromatic carbocycles. The second-order valence-corrected chi connectivity index (χ2v) is 13.6. The molecule has 224 valence electrons. The highest BCUT2D eigenvalue weighted by Gasteiger charge is 2.42. The van der Waals surface area contributed by atoms with Gasteiger partial charge in [0.05, 0.1) is 21.5 Å². The van der Waals surface area contributed by atoms with E-state index in [1.807, 2.05) is 0 Å². The van der Waals surface area contributed by atoms with Gasteiger partial charge in [-0.15, -0.1) is 11.8 Å². The summed E-state index contributed by atoms with van der Waals surface area (Å²) in [7, 11) is -3.99. The van der Waals surface area contributed by atoms with E-state index in [1.165, 1.54) is 42.7 Å². The second kappa shape index (κ2) is 13.3. The molecule has 2 unspecified atom stereocenters. The number of carbonyl (C=O) groups is 1. The number of nitrogens with zero attached hydrogens (tertiary/aromatic N) is 2. The largest absolute Gasteiger partial charge is 0.489 e. The predicted molar refractivity (Wildman–Crippen MR) is 155 cm³/mol. The molecule has 0 spiro atoms. The Balaban J connectivity index is 1.46. The predicted octanol–water partition coefficient (Wildman–Crippen LogP) is 6.37. The summed E-state index contributed by atoms with van der Waals surface area (Å²) in [5.41, 5.74) is 0.826. The van der Waals surface area contributed by atoms with Crippen molar-refractivity contribution in [3.05, 3.63) is 82.1 Å². The molecule has 1 aliphatic heterocycles. The third-order valence-corrected chi connectivity index (χ3v) is 10.6. The number of thioether (sulfide) groups is 1. The molecule has 1 saturated carbocycles. The number of ether oxygens (including phenoxy) is 3. The molecule has 1 aromatic heterocycles. The summed E-state index contributed by atoms with van der Waals surface area (Å²) in [5.74, 6) is -0.177. The smallest absolute Gasteiger partial charge is 0.387 e. The fraction of sp³-hybridized carbons (Fsp3) is 0.357. The first kappa shape index (κ1) is 30.8. The molecule has 0 N–H and O–H groups in total. The van der Waals surface area contributed by atoms with Crippen LogP contribution in [0.2, 0.25) is 10.0 Å². The van der Waals surface area contributed by atoms with Gasteiger partial charge in [0, 0.05) is 31.1 Å². The van der Waals surface area contributed by atoms with Crippen LogP contribution in [-0.4, -0.2) is 54.6 Å². The van der Waals surface area contributed by atoms with Crippen LogP contribution in [-0.2, 0) is 26.0 Å². The van der Waals surface area contributed by atoms with Gasteiger partial charge in [-0.05, 0) is 54.2 Å². The third kappa shape index (κ3) is 7.28. The lowest BCUT2D eigenvalue weighted by Crippen LogP contribution is -2.40. The summed E-state index contributed by atoms with van der Waals surface area (Å²) in [6.45, 7) is -2.63. The van der Waals surface area contributed by atoms with Crippen LogP contribution >= 0.6 is 35.0 Å². The molecular weight excluding hydrogens is 633 g/mol. The Morgan fingerprint density at radius 2 is 1.79 bits per heavy atom. The quantitative estimate of drug-likeness (QED) is 0.207. The summed E-state index contributed by atoms with van der Waals surface area (Å²) < 4.78 is 70.5. The van der Waals surface area contributed by atoms with Gasteiger partial charge in [0.25, 0.3) is 0 Å². The summed E-state index contributed by atoms with van der Waals surface area (Å²) in [4.78, 5) is 17.6. The van der Waals surface area contributed by atoms with Gasteiger partial charge in [0.1, 0.15) is 6.10 Å². The van der Waals surface area contributed by atoms with E-state index in [1.54, 1.807) is 18.2 Å². The maximum atomic E-state index is 13.6. The number of halogens is 4. The molecule has 2 fully saturated rings. The molecule has 1 aliphatic carbocycles. The first-order valence-corrected chi connectivity index (χ1v) is 16.3. The monoisotopic (exact) mass is 658 g/mol. The lowest BCUT2D eigenvalue weighted by atomic mass is 10.0. The average Bonchev–Trinajstić information content (AvgIpc) is 3.65. The molecule has 2 heterocycles. The van der Waals surface area contributed by atoms with Crippen molar-refractivity contribution in [2.45, 2.75) is 42.2 Å². The van der Waals surface area contributed by atoms with Crippen LogP contribution in [0, 0.1) is 5.92 Å². The Morgan fingerprint density at radius 3 is 2.45 bits per heavy atom. The van der Waals surface area contributed by atoms with E-state index in [4.69, 9.17) is 32.7 Å². The van der Waals surface area contributed by atoms with E-state index >= 15 is 0 Å². The lowest BCUT2D eigenvalue weighted by molar-refractivity contribution is -0.150. The third-order valence-electron chi connectivity index (χ3n) is 6.73. The van der Waals surface area contributed by atoms with Gasteiger partial charge in [-0.1, -0.05) is 47.5 Å². The molecule has 0 radical (unpaired) electrons. The van der Waals surface area contributed by atoms with Crippen LogP contribution in [0.4, 0.5) is 8.78 Å². The van der Waals surface area contributed by atoms with E-state index in [2.05, 4.69) is 9.72 Å². The highest BCUT2D eigenvalue weighted by molar-refractivity contribution is 8.02. The van der Waals surface area contributed by atoms with E-state index in [-0.39, 0.29) is 39.4 Å². The molecule has 3 aromatic rings. The molecule has 14 heteroatoms. The second-order valence-electron chi connectivity index (χ2n) is 9.70. The van der Waals surface area contributed by atoms with Crippen molar-refractivity contribution in [2.75, 3.05) is 18.9 Å². The normalized spacial score (nSPS) is 18.2. The molecule has 2 atom stereocenters. The summed E-state index contributed by atoms with van der Waals surface area (Å²) >= 11 is 13.9. The highest BCUT2D eigenvalue weighted by atomic mass is 35.5. The molecule has 1 saturated heterocycles. The van der Waals surface area contributed by atoms with Gasteiger partial charge < -0.3 is 14.2 Å². The van der Waals surface area contributed by atoms with Crippen molar-refractivity contribution in [2.24, 2.45) is 5.92 Å². The van der Waals surface area contributed by atoms with Gasteiger partial charge in [-0.25, -0.2) is 13.2 Å². The van der Waals surface area contributed by atoms with Gasteiger partial charge in [-0.3, -0.25) is 4.98 Å².